The standard InChI is InChI=1S/C8H15N2O2/c1-10-3-2-6(5-11)4-7(10)8(9)12/h7,11H,2-5H2,1H3,(H2,9,12). The minimum atomic E-state index is -0.303. The molecule has 1 aliphatic heterocycles. The van der Waals surface area contributed by atoms with Gasteiger partial charge in [-0.05, 0) is 26.4 Å². The minimum absolute atomic E-state index is 0.0810. The van der Waals surface area contributed by atoms with Crippen molar-refractivity contribution >= 4 is 5.91 Å². The summed E-state index contributed by atoms with van der Waals surface area (Å²) in [7, 11) is 1.88. The van der Waals surface area contributed by atoms with Gasteiger partial charge in [0, 0.05) is 12.5 Å². The fourth-order valence-corrected chi connectivity index (χ4v) is 1.48. The summed E-state index contributed by atoms with van der Waals surface area (Å²) in [5, 5.41) is 8.87. The molecule has 12 heavy (non-hydrogen) atoms. The van der Waals surface area contributed by atoms with Gasteiger partial charge in [0.1, 0.15) is 0 Å². The number of carbonyl (C=O) groups excluding carboxylic acids is 1. The zero-order valence-electron chi connectivity index (χ0n) is 7.29. The number of likely N-dealkylation sites (N-methyl/N-ethyl adjacent to an activating group) is 1. The second kappa shape index (κ2) is 3.87. The highest BCUT2D eigenvalue weighted by molar-refractivity contribution is 5.80. The molecule has 4 nitrogen and oxygen atoms in total. The zero-order valence-corrected chi connectivity index (χ0v) is 7.29. The van der Waals surface area contributed by atoms with Crippen LogP contribution in [0.25, 0.3) is 0 Å². The molecule has 1 saturated heterocycles. The lowest BCUT2D eigenvalue weighted by Crippen LogP contribution is -2.47. The van der Waals surface area contributed by atoms with E-state index in [1.165, 1.54) is 0 Å². The Morgan fingerprint density at radius 2 is 2.50 bits per heavy atom. The van der Waals surface area contributed by atoms with Crippen LogP contribution in [0.5, 0.6) is 0 Å². The van der Waals surface area contributed by atoms with Crippen molar-refractivity contribution in [3.63, 3.8) is 0 Å². The number of aliphatic hydroxyl groups is 1. The Balaban J connectivity index is 2.53. The van der Waals surface area contributed by atoms with Crippen LogP contribution >= 0.6 is 0 Å². The number of amides is 1. The van der Waals surface area contributed by atoms with Gasteiger partial charge in [-0.1, -0.05) is 0 Å². The number of carbonyl (C=O) groups is 1. The van der Waals surface area contributed by atoms with Gasteiger partial charge in [0.15, 0.2) is 0 Å². The van der Waals surface area contributed by atoms with Gasteiger partial charge in [0.05, 0.1) is 6.04 Å². The van der Waals surface area contributed by atoms with Gasteiger partial charge in [0.2, 0.25) is 5.91 Å². The van der Waals surface area contributed by atoms with E-state index in [0.717, 1.165) is 18.9 Å². The summed E-state index contributed by atoms with van der Waals surface area (Å²) < 4.78 is 0. The number of rotatable bonds is 2. The Morgan fingerprint density at radius 3 is 3.00 bits per heavy atom. The number of hydrogen-bond acceptors (Lipinski definition) is 3. The average Bonchev–Trinajstić information content (AvgIpc) is 2.05. The smallest absolute Gasteiger partial charge is 0.234 e. The average molecular weight is 171 g/mol. The van der Waals surface area contributed by atoms with Crippen molar-refractivity contribution in [2.45, 2.75) is 18.9 Å². The first-order valence-electron chi connectivity index (χ1n) is 4.09. The maximum Gasteiger partial charge on any atom is 0.234 e. The lowest BCUT2D eigenvalue weighted by Gasteiger charge is -2.33. The van der Waals surface area contributed by atoms with Gasteiger partial charge < -0.3 is 10.8 Å². The molecule has 0 spiro atoms. The van der Waals surface area contributed by atoms with Crippen LogP contribution in [0.15, 0.2) is 0 Å². The number of likely N-dealkylation sites (tertiary alicyclic amines) is 1. The second-order valence-corrected chi connectivity index (χ2v) is 3.26. The molecule has 0 aromatic carbocycles. The highest BCUT2D eigenvalue weighted by Crippen LogP contribution is 2.22. The Kier molecular flexibility index (Phi) is 3.05. The van der Waals surface area contributed by atoms with E-state index in [4.69, 9.17) is 10.8 Å². The van der Waals surface area contributed by atoms with Crippen LogP contribution < -0.4 is 5.73 Å². The van der Waals surface area contributed by atoms with E-state index in [1.807, 2.05) is 11.9 Å². The third kappa shape index (κ3) is 1.95. The maximum absolute atomic E-state index is 10.9. The number of piperidine rings is 1. The number of aliphatic hydroxyl groups excluding tert-OH is 1. The molecule has 1 rings (SSSR count). The monoisotopic (exact) mass is 171 g/mol. The van der Waals surface area contributed by atoms with Crippen molar-refractivity contribution in [3.8, 4) is 0 Å². The van der Waals surface area contributed by atoms with Gasteiger partial charge >= 0.3 is 0 Å². The first kappa shape index (κ1) is 9.48. The molecular formula is C8H15N2O2. The normalized spacial score (nSPS) is 27.3. The van der Waals surface area contributed by atoms with E-state index >= 15 is 0 Å². The Bertz CT molecular complexity index is 172. The van der Waals surface area contributed by atoms with Crippen molar-refractivity contribution in [3.05, 3.63) is 5.92 Å². The molecule has 0 aliphatic carbocycles. The molecule has 1 unspecified atom stereocenters. The molecule has 69 valence electrons. The Morgan fingerprint density at radius 1 is 1.83 bits per heavy atom. The summed E-state index contributed by atoms with van der Waals surface area (Å²) in [5.74, 6) is 0.722. The Hall–Kier alpha value is -0.610. The van der Waals surface area contributed by atoms with E-state index in [9.17, 15) is 4.79 Å². The van der Waals surface area contributed by atoms with Gasteiger partial charge in [0.25, 0.3) is 0 Å². The number of nitrogens with two attached hydrogens (primary N) is 1. The van der Waals surface area contributed by atoms with E-state index < -0.39 is 0 Å². The summed E-state index contributed by atoms with van der Waals surface area (Å²) >= 11 is 0. The van der Waals surface area contributed by atoms with Crippen molar-refractivity contribution in [2.75, 3.05) is 20.2 Å². The summed E-state index contributed by atoms with van der Waals surface area (Å²) in [6.45, 7) is 0.890. The minimum Gasteiger partial charge on any atom is -0.396 e. The number of nitrogens with zero attached hydrogens (tertiary/aromatic N) is 1. The molecule has 4 heteroatoms. The van der Waals surface area contributed by atoms with Crippen LogP contribution in [-0.2, 0) is 4.79 Å². The predicted octanol–water partition coefficient (Wildman–Crippen LogP) is -0.867. The summed E-state index contributed by atoms with van der Waals surface area (Å²) in [6.07, 6.45) is 1.49. The topological polar surface area (TPSA) is 66.6 Å². The number of primary amides is 1. The fourth-order valence-electron chi connectivity index (χ4n) is 1.48. The first-order valence-corrected chi connectivity index (χ1v) is 4.09. The summed E-state index contributed by atoms with van der Waals surface area (Å²) in [4.78, 5) is 12.8. The van der Waals surface area contributed by atoms with Crippen molar-refractivity contribution in [1.82, 2.24) is 4.90 Å². The Labute approximate surface area is 72.3 Å². The molecule has 0 aromatic rings. The quantitative estimate of drug-likeness (QED) is 0.567. The lowest BCUT2D eigenvalue weighted by atomic mass is 9.91. The van der Waals surface area contributed by atoms with Crippen LogP contribution in [0.2, 0.25) is 0 Å². The maximum atomic E-state index is 10.9. The van der Waals surface area contributed by atoms with E-state index in [1.54, 1.807) is 0 Å². The molecule has 1 amide bonds. The van der Waals surface area contributed by atoms with Gasteiger partial charge in [-0.2, -0.15) is 0 Å². The van der Waals surface area contributed by atoms with Crippen molar-refractivity contribution in [1.29, 1.82) is 0 Å². The molecular weight excluding hydrogens is 156 g/mol. The number of hydrogen-bond donors (Lipinski definition) is 2. The fraction of sp³-hybridized carbons (Fsp3) is 0.750. The van der Waals surface area contributed by atoms with E-state index in [-0.39, 0.29) is 18.6 Å². The van der Waals surface area contributed by atoms with Crippen molar-refractivity contribution in [2.24, 2.45) is 5.73 Å². The SMILES string of the molecule is CN1CC[C](CO)CC1C(N)=O. The molecule has 3 N–H and O–H groups in total. The lowest BCUT2D eigenvalue weighted by molar-refractivity contribution is -0.123. The summed E-state index contributed by atoms with van der Waals surface area (Å²) in [5.41, 5.74) is 5.20. The summed E-state index contributed by atoms with van der Waals surface area (Å²) in [6, 6.07) is -0.221. The van der Waals surface area contributed by atoms with Crippen LogP contribution in [0.4, 0.5) is 0 Å². The molecule has 1 radical (unpaired) electrons. The first-order chi connectivity index (χ1) is 5.65. The molecule has 0 saturated carbocycles. The largest absolute Gasteiger partial charge is 0.396 e. The highest BCUT2D eigenvalue weighted by atomic mass is 16.3. The molecule has 0 bridgehead atoms. The second-order valence-electron chi connectivity index (χ2n) is 3.26. The van der Waals surface area contributed by atoms with Gasteiger partial charge in [-0.3, -0.25) is 9.69 Å². The van der Waals surface area contributed by atoms with Crippen LogP contribution in [-0.4, -0.2) is 42.2 Å². The third-order valence-corrected chi connectivity index (χ3v) is 2.38. The third-order valence-electron chi connectivity index (χ3n) is 2.38. The molecule has 0 aromatic heterocycles. The van der Waals surface area contributed by atoms with Gasteiger partial charge in [-0.25, -0.2) is 0 Å². The molecule has 1 fully saturated rings. The molecule has 1 heterocycles. The predicted molar refractivity (Wildman–Crippen MR) is 45.2 cm³/mol. The highest BCUT2D eigenvalue weighted by Gasteiger charge is 2.29. The van der Waals surface area contributed by atoms with Gasteiger partial charge in [-0.15, -0.1) is 0 Å². The molecule has 1 aliphatic rings. The van der Waals surface area contributed by atoms with E-state index in [2.05, 4.69) is 0 Å². The van der Waals surface area contributed by atoms with Crippen LogP contribution in [0.1, 0.15) is 12.8 Å². The zero-order chi connectivity index (χ0) is 9.14. The van der Waals surface area contributed by atoms with Crippen molar-refractivity contribution < 1.29 is 9.90 Å². The molecule has 1 atom stereocenters. The van der Waals surface area contributed by atoms with Crippen LogP contribution in [0, 0.1) is 5.92 Å². The van der Waals surface area contributed by atoms with Crippen LogP contribution in [0.3, 0.4) is 0 Å². The van der Waals surface area contributed by atoms with E-state index in [0.29, 0.717) is 6.42 Å².